The number of tetrazole rings is 1. The number of rotatable bonds is 6. The standard InChI is InChI=1S/C19H15FN6O2S/c1-12-23-24-25-26(12)15-5-6-17(20)18(8-15)22-19(27)13-3-2-4-16(7-13)28-9-14-10-29-11-21-14/h2-8,10-11H,9H2,1H3,(H,22,27). The van der Waals surface area contributed by atoms with Crippen molar-refractivity contribution < 1.29 is 13.9 Å². The first-order chi connectivity index (χ1) is 14.1. The molecule has 2 aromatic carbocycles. The van der Waals surface area contributed by atoms with Gasteiger partial charge < -0.3 is 10.1 Å². The Morgan fingerprint density at radius 3 is 2.93 bits per heavy atom. The van der Waals surface area contributed by atoms with Crippen LogP contribution in [-0.2, 0) is 6.61 Å². The maximum Gasteiger partial charge on any atom is 0.255 e. The summed E-state index contributed by atoms with van der Waals surface area (Å²) in [6.07, 6.45) is 0. The summed E-state index contributed by atoms with van der Waals surface area (Å²) in [6, 6.07) is 10.9. The molecule has 1 N–H and O–H groups in total. The lowest BCUT2D eigenvalue weighted by atomic mass is 10.2. The van der Waals surface area contributed by atoms with Crippen molar-refractivity contribution >= 4 is 22.9 Å². The van der Waals surface area contributed by atoms with Crippen LogP contribution in [0.5, 0.6) is 5.75 Å². The zero-order valence-electron chi connectivity index (χ0n) is 15.2. The molecule has 146 valence electrons. The number of carbonyl (C=O) groups is 1. The summed E-state index contributed by atoms with van der Waals surface area (Å²) in [5, 5.41) is 15.7. The second-order valence-electron chi connectivity index (χ2n) is 6.05. The van der Waals surface area contributed by atoms with E-state index in [1.165, 1.54) is 34.2 Å². The number of halogens is 1. The number of carbonyl (C=O) groups excluding carboxylic acids is 1. The van der Waals surface area contributed by atoms with Crippen LogP contribution in [0.4, 0.5) is 10.1 Å². The van der Waals surface area contributed by atoms with Crippen LogP contribution < -0.4 is 10.1 Å². The zero-order valence-corrected chi connectivity index (χ0v) is 16.1. The number of aromatic nitrogens is 5. The predicted molar refractivity (Wildman–Crippen MR) is 105 cm³/mol. The molecule has 0 unspecified atom stereocenters. The molecule has 10 heteroatoms. The van der Waals surface area contributed by atoms with E-state index in [1.54, 1.807) is 36.7 Å². The molecule has 29 heavy (non-hydrogen) atoms. The Bertz CT molecular complexity index is 1150. The van der Waals surface area contributed by atoms with Crippen molar-refractivity contribution in [3.05, 3.63) is 76.3 Å². The van der Waals surface area contributed by atoms with E-state index in [9.17, 15) is 9.18 Å². The number of benzene rings is 2. The van der Waals surface area contributed by atoms with Crippen molar-refractivity contribution in [2.75, 3.05) is 5.32 Å². The Kier molecular flexibility index (Phi) is 5.25. The molecule has 0 spiro atoms. The summed E-state index contributed by atoms with van der Waals surface area (Å²) in [4.78, 5) is 16.8. The van der Waals surface area contributed by atoms with Gasteiger partial charge >= 0.3 is 0 Å². The quantitative estimate of drug-likeness (QED) is 0.524. The Hall–Kier alpha value is -3.66. The van der Waals surface area contributed by atoms with Crippen LogP contribution >= 0.6 is 11.3 Å². The van der Waals surface area contributed by atoms with E-state index in [0.717, 1.165) is 5.69 Å². The monoisotopic (exact) mass is 410 g/mol. The van der Waals surface area contributed by atoms with E-state index in [1.807, 2.05) is 5.38 Å². The summed E-state index contributed by atoms with van der Waals surface area (Å²) in [5.41, 5.74) is 3.42. The van der Waals surface area contributed by atoms with E-state index in [0.29, 0.717) is 29.4 Å². The summed E-state index contributed by atoms with van der Waals surface area (Å²) in [6.45, 7) is 2.02. The number of thiazole rings is 1. The largest absolute Gasteiger partial charge is 0.487 e. The van der Waals surface area contributed by atoms with Gasteiger partial charge in [-0.15, -0.1) is 16.4 Å². The smallest absolute Gasteiger partial charge is 0.255 e. The molecule has 0 saturated carbocycles. The molecule has 4 rings (SSSR count). The summed E-state index contributed by atoms with van der Waals surface area (Å²) < 4.78 is 21.3. The van der Waals surface area contributed by atoms with Gasteiger partial charge in [0.25, 0.3) is 5.91 Å². The van der Waals surface area contributed by atoms with Crippen LogP contribution in [0.1, 0.15) is 21.9 Å². The number of nitrogens with one attached hydrogen (secondary N) is 1. The number of hydrogen-bond donors (Lipinski definition) is 1. The highest BCUT2D eigenvalue weighted by atomic mass is 32.1. The van der Waals surface area contributed by atoms with Crippen LogP contribution in [0.25, 0.3) is 5.69 Å². The van der Waals surface area contributed by atoms with Crippen molar-refractivity contribution in [1.29, 1.82) is 0 Å². The van der Waals surface area contributed by atoms with E-state index in [4.69, 9.17) is 4.74 Å². The summed E-state index contributed by atoms with van der Waals surface area (Å²) in [7, 11) is 0. The van der Waals surface area contributed by atoms with Crippen molar-refractivity contribution in [3.8, 4) is 11.4 Å². The van der Waals surface area contributed by atoms with Crippen LogP contribution in [0, 0.1) is 12.7 Å². The van der Waals surface area contributed by atoms with Gasteiger partial charge in [0.2, 0.25) is 0 Å². The molecule has 0 bridgehead atoms. The van der Waals surface area contributed by atoms with E-state index < -0.39 is 11.7 Å². The van der Waals surface area contributed by atoms with Gasteiger partial charge in [0, 0.05) is 10.9 Å². The van der Waals surface area contributed by atoms with E-state index >= 15 is 0 Å². The van der Waals surface area contributed by atoms with Crippen LogP contribution in [0.15, 0.2) is 53.4 Å². The van der Waals surface area contributed by atoms with Gasteiger partial charge in [-0.25, -0.2) is 9.37 Å². The number of aryl methyl sites for hydroxylation is 1. The van der Waals surface area contributed by atoms with Crippen LogP contribution in [0.2, 0.25) is 0 Å². The van der Waals surface area contributed by atoms with Gasteiger partial charge in [0.15, 0.2) is 5.82 Å². The Labute approximate surface area is 169 Å². The fourth-order valence-electron chi connectivity index (χ4n) is 2.60. The van der Waals surface area contributed by atoms with E-state index in [2.05, 4.69) is 25.8 Å². The van der Waals surface area contributed by atoms with Crippen molar-refractivity contribution in [3.63, 3.8) is 0 Å². The lowest BCUT2D eigenvalue weighted by Crippen LogP contribution is -2.14. The molecule has 2 heterocycles. The third kappa shape index (κ3) is 4.27. The number of anilines is 1. The Balaban J connectivity index is 1.50. The minimum absolute atomic E-state index is 0.0243. The lowest BCUT2D eigenvalue weighted by Gasteiger charge is -2.10. The molecule has 4 aromatic rings. The molecule has 0 saturated heterocycles. The molecule has 0 aliphatic rings. The van der Waals surface area contributed by atoms with Crippen molar-refractivity contribution in [2.45, 2.75) is 13.5 Å². The highest BCUT2D eigenvalue weighted by molar-refractivity contribution is 7.07. The van der Waals surface area contributed by atoms with Gasteiger partial charge in [-0.05, 0) is 53.7 Å². The lowest BCUT2D eigenvalue weighted by molar-refractivity contribution is 0.102. The SMILES string of the molecule is Cc1nnnn1-c1ccc(F)c(NC(=O)c2cccc(OCc3cscn3)c2)c1. The van der Waals surface area contributed by atoms with Crippen LogP contribution in [0.3, 0.4) is 0 Å². The van der Waals surface area contributed by atoms with Crippen molar-refractivity contribution in [1.82, 2.24) is 25.2 Å². The first-order valence-electron chi connectivity index (χ1n) is 8.56. The maximum atomic E-state index is 14.2. The predicted octanol–water partition coefficient (Wildman–Crippen LogP) is 3.40. The summed E-state index contributed by atoms with van der Waals surface area (Å²) >= 11 is 1.48. The average Bonchev–Trinajstić information content (AvgIpc) is 3.40. The Morgan fingerprint density at radius 1 is 1.28 bits per heavy atom. The second kappa shape index (κ2) is 8.15. The third-order valence-electron chi connectivity index (χ3n) is 4.03. The normalized spacial score (nSPS) is 10.7. The summed E-state index contributed by atoms with van der Waals surface area (Å²) in [5.74, 6) is 0.0281. The first-order valence-corrected chi connectivity index (χ1v) is 9.50. The molecule has 2 aromatic heterocycles. The molecular formula is C19H15FN6O2S. The highest BCUT2D eigenvalue weighted by Crippen LogP contribution is 2.21. The molecule has 0 aliphatic carbocycles. The van der Waals surface area contributed by atoms with E-state index in [-0.39, 0.29) is 5.69 Å². The number of nitrogens with zero attached hydrogens (tertiary/aromatic N) is 5. The molecule has 0 radical (unpaired) electrons. The average molecular weight is 410 g/mol. The fraction of sp³-hybridized carbons (Fsp3) is 0.105. The number of amides is 1. The topological polar surface area (TPSA) is 94.8 Å². The fourth-order valence-corrected chi connectivity index (χ4v) is 3.14. The first kappa shape index (κ1) is 18.7. The van der Waals surface area contributed by atoms with Crippen LogP contribution in [-0.4, -0.2) is 31.1 Å². The van der Waals surface area contributed by atoms with Gasteiger partial charge in [-0.3, -0.25) is 4.79 Å². The second-order valence-corrected chi connectivity index (χ2v) is 6.77. The minimum Gasteiger partial charge on any atom is -0.487 e. The molecule has 0 atom stereocenters. The number of hydrogen-bond acceptors (Lipinski definition) is 7. The van der Waals surface area contributed by atoms with Gasteiger partial charge in [0.1, 0.15) is 18.2 Å². The molecule has 1 amide bonds. The maximum absolute atomic E-state index is 14.2. The van der Waals surface area contributed by atoms with Gasteiger partial charge in [-0.1, -0.05) is 6.07 Å². The highest BCUT2D eigenvalue weighted by Gasteiger charge is 2.13. The van der Waals surface area contributed by atoms with Crippen molar-refractivity contribution in [2.24, 2.45) is 0 Å². The molecule has 0 fully saturated rings. The Morgan fingerprint density at radius 2 is 2.17 bits per heavy atom. The zero-order chi connectivity index (χ0) is 20.2. The van der Waals surface area contributed by atoms with Gasteiger partial charge in [-0.2, -0.15) is 4.68 Å². The van der Waals surface area contributed by atoms with Gasteiger partial charge in [0.05, 0.1) is 22.6 Å². The third-order valence-corrected chi connectivity index (χ3v) is 4.67. The molecule has 0 aliphatic heterocycles. The molecule has 8 nitrogen and oxygen atoms in total. The number of ether oxygens (including phenoxy) is 1. The molecular weight excluding hydrogens is 395 g/mol. The minimum atomic E-state index is -0.566.